The van der Waals surface area contributed by atoms with E-state index in [-0.39, 0.29) is 0 Å². The molecule has 0 radical (unpaired) electrons. The van der Waals surface area contributed by atoms with Crippen LogP contribution in [0.2, 0.25) is 0 Å². The number of halogens is 1. The molecule has 4 heteroatoms. The Morgan fingerprint density at radius 3 is 3.13 bits per heavy atom. The number of thiophene rings is 1. The van der Waals surface area contributed by atoms with Gasteiger partial charge in [0, 0.05) is 16.6 Å². The molecular weight excluding hydrogens is 272 g/mol. The van der Waals surface area contributed by atoms with Gasteiger partial charge in [-0.3, -0.25) is 0 Å². The lowest BCUT2D eigenvalue weighted by molar-refractivity contribution is 0.736. The first-order valence-electron chi connectivity index (χ1n) is 5.12. The monoisotopic (exact) mass is 284 g/mol. The van der Waals surface area contributed by atoms with Crippen molar-refractivity contribution >= 4 is 37.5 Å². The van der Waals surface area contributed by atoms with E-state index in [4.69, 9.17) is 0 Å². The summed E-state index contributed by atoms with van der Waals surface area (Å²) in [5, 5.41) is 3.29. The molecule has 15 heavy (non-hydrogen) atoms. The molecule has 0 amide bonds. The van der Waals surface area contributed by atoms with Crippen molar-refractivity contribution in [2.75, 3.05) is 0 Å². The van der Waals surface area contributed by atoms with Crippen molar-refractivity contribution in [1.82, 2.24) is 9.97 Å². The van der Waals surface area contributed by atoms with Gasteiger partial charge in [0.1, 0.15) is 11.2 Å². The molecule has 1 unspecified atom stereocenters. The van der Waals surface area contributed by atoms with Crippen molar-refractivity contribution in [3.63, 3.8) is 0 Å². The predicted molar refractivity (Wildman–Crippen MR) is 68.7 cm³/mol. The fourth-order valence-corrected chi connectivity index (χ4v) is 3.15. The highest BCUT2D eigenvalue weighted by Gasteiger charge is 2.09. The first kappa shape index (κ1) is 11.0. The molecule has 0 N–H and O–H groups in total. The second kappa shape index (κ2) is 5.03. The predicted octanol–water partition coefficient (Wildman–Crippen LogP) is 3.80. The number of rotatable bonds is 4. The highest BCUT2D eigenvalue weighted by molar-refractivity contribution is 9.09. The third kappa shape index (κ3) is 2.55. The van der Waals surface area contributed by atoms with Crippen LogP contribution in [0.15, 0.2) is 17.8 Å². The molecule has 0 bridgehead atoms. The van der Waals surface area contributed by atoms with Crippen molar-refractivity contribution in [1.29, 1.82) is 0 Å². The number of fused-ring (bicyclic) bond motifs is 1. The number of hydrogen-bond acceptors (Lipinski definition) is 3. The van der Waals surface area contributed by atoms with Crippen molar-refractivity contribution in [3.05, 3.63) is 23.5 Å². The summed E-state index contributed by atoms with van der Waals surface area (Å²) in [6.45, 7) is 2.20. The first-order chi connectivity index (χ1) is 7.31. The Kier molecular flexibility index (Phi) is 3.70. The molecule has 2 aromatic rings. The maximum Gasteiger partial charge on any atom is 0.126 e. The van der Waals surface area contributed by atoms with E-state index in [1.165, 1.54) is 18.2 Å². The molecule has 0 aliphatic rings. The average Bonchev–Trinajstić information content (AvgIpc) is 2.67. The summed E-state index contributed by atoms with van der Waals surface area (Å²) in [5.74, 6) is 0. The third-order valence-electron chi connectivity index (χ3n) is 2.36. The maximum atomic E-state index is 4.37. The molecule has 0 saturated carbocycles. The standard InChI is InChI=1S/C11H13BrN2S/c1-2-3-8(12)6-10-9-4-5-15-11(9)14-7-13-10/h4-5,7-8H,2-3,6H2,1H3. The van der Waals surface area contributed by atoms with Crippen LogP contribution in [0.3, 0.4) is 0 Å². The number of nitrogens with zero attached hydrogens (tertiary/aromatic N) is 2. The van der Waals surface area contributed by atoms with Crippen LogP contribution in [0.25, 0.3) is 10.2 Å². The van der Waals surface area contributed by atoms with Crippen LogP contribution in [-0.2, 0) is 6.42 Å². The van der Waals surface area contributed by atoms with E-state index in [2.05, 4.69) is 44.3 Å². The first-order valence-corrected chi connectivity index (χ1v) is 6.92. The van der Waals surface area contributed by atoms with E-state index in [1.54, 1.807) is 17.7 Å². The Labute approximate surface area is 102 Å². The van der Waals surface area contributed by atoms with Crippen LogP contribution >= 0.6 is 27.3 Å². The van der Waals surface area contributed by atoms with E-state index >= 15 is 0 Å². The summed E-state index contributed by atoms with van der Waals surface area (Å²) in [7, 11) is 0. The molecule has 0 aliphatic carbocycles. The Bertz CT molecular complexity index is 441. The maximum absolute atomic E-state index is 4.37. The summed E-state index contributed by atoms with van der Waals surface area (Å²) in [5.41, 5.74) is 1.16. The fraction of sp³-hybridized carbons (Fsp3) is 0.455. The average molecular weight is 285 g/mol. The second-order valence-electron chi connectivity index (χ2n) is 3.55. The minimum absolute atomic E-state index is 0.528. The summed E-state index contributed by atoms with van der Waals surface area (Å²) in [4.78, 5) is 10.2. The molecule has 0 spiro atoms. The van der Waals surface area contributed by atoms with Gasteiger partial charge in [0.15, 0.2) is 0 Å². The molecule has 2 aromatic heterocycles. The normalized spacial score (nSPS) is 13.2. The van der Waals surface area contributed by atoms with Gasteiger partial charge in [0.25, 0.3) is 0 Å². The molecule has 0 aromatic carbocycles. The van der Waals surface area contributed by atoms with Gasteiger partial charge in [-0.15, -0.1) is 11.3 Å². The van der Waals surface area contributed by atoms with Gasteiger partial charge in [-0.2, -0.15) is 0 Å². The van der Waals surface area contributed by atoms with Gasteiger partial charge in [0.05, 0.1) is 5.69 Å². The van der Waals surface area contributed by atoms with Crippen LogP contribution in [0, 0.1) is 0 Å². The molecule has 2 heterocycles. The van der Waals surface area contributed by atoms with Crippen molar-refractivity contribution in [3.8, 4) is 0 Å². The molecular formula is C11H13BrN2S. The van der Waals surface area contributed by atoms with E-state index in [1.807, 2.05) is 0 Å². The SMILES string of the molecule is CCCC(Br)Cc1ncnc2sccc12. The highest BCUT2D eigenvalue weighted by atomic mass is 79.9. The molecule has 80 valence electrons. The molecule has 0 fully saturated rings. The van der Waals surface area contributed by atoms with Crippen molar-refractivity contribution in [2.45, 2.75) is 31.0 Å². The molecule has 1 atom stereocenters. The number of aromatic nitrogens is 2. The summed E-state index contributed by atoms with van der Waals surface area (Å²) < 4.78 is 0. The van der Waals surface area contributed by atoms with Crippen LogP contribution in [-0.4, -0.2) is 14.8 Å². The van der Waals surface area contributed by atoms with E-state index in [9.17, 15) is 0 Å². The van der Waals surface area contributed by atoms with Crippen molar-refractivity contribution < 1.29 is 0 Å². The second-order valence-corrected chi connectivity index (χ2v) is 5.74. The Morgan fingerprint density at radius 1 is 1.47 bits per heavy atom. The topological polar surface area (TPSA) is 25.8 Å². The van der Waals surface area contributed by atoms with E-state index in [0.29, 0.717) is 4.83 Å². The zero-order valence-electron chi connectivity index (χ0n) is 8.61. The summed E-state index contributed by atoms with van der Waals surface area (Å²) in [6.07, 6.45) is 5.05. The zero-order chi connectivity index (χ0) is 10.7. The Morgan fingerprint density at radius 2 is 2.33 bits per heavy atom. The van der Waals surface area contributed by atoms with Gasteiger partial charge in [-0.05, 0) is 17.9 Å². The van der Waals surface area contributed by atoms with Crippen LogP contribution < -0.4 is 0 Å². The lowest BCUT2D eigenvalue weighted by atomic mass is 10.1. The van der Waals surface area contributed by atoms with Crippen LogP contribution in [0.5, 0.6) is 0 Å². The van der Waals surface area contributed by atoms with E-state index < -0.39 is 0 Å². The summed E-state index contributed by atoms with van der Waals surface area (Å²) >= 11 is 5.37. The number of alkyl halides is 1. The van der Waals surface area contributed by atoms with E-state index in [0.717, 1.165) is 16.9 Å². The summed E-state index contributed by atoms with van der Waals surface area (Å²) in [6, 6.07) is 2.11. The number of hydrogen-bond donors (Lipinski definition) is 0. The Hall–Kier alpha value is -0.480. The van der Waals surface area contributed by atoms with Gasteiger partial charge < -0.3 is 0 Å². The third-order valence-corrected chi connectivity index (χ3v) is 3.96. The lowest BCUT2D eigenvalue weighted by Gasteiger charge is -2.07. The van der Waals surface area contributed by atoms with Gasteiger partial charge in [-0.25, -0.2) is 9.97 Å². The van der Waals surface area contributed by atoms with Crippen LogP contribution in [0.1, 0.15) is 25.5 Å². The molecule has 2 nitrogen and oxygen atoms in total. The smallest absolute Gasteiger partial charge is 0.126 e. The largest absolute Gasteiger partial charge is 0.241 e. The minimum atomic E-state index is 0.528. The van der Waals surface area contributed by atoms with Crippen molar-refractivity contribution in [2.24, 2.45) is 0 Å². The molecule has 2 rings (SSSR count). The molecule has 0 saturated heterocycles. The van der Waals surface area contributed by atoms with Gasteiger partial charge in [-0.1, -0.05) is 29.3 Å². The minimum Gasteiger partial charge on any atom is -0.241 e. The quantitative estimate of drug-likeness (QED) is 0.799. The lowest BCUT2D eigenvalue weighted by Crippen LogP contribution is -2.04. The van der Waals surface area contributed by atoms with Crippen LogP contribution in [0.4, 0.5) is 0 Å². The zero-order valence-corrected chi connectivity index (χ0v) is 11.0. The van der Waals surface area contributed by atoms with Gasteiger partial charge >= 0.3 is 0 Å². The highest BCUT2D eigenvalue weighted by Crippen LogP contribution is 2.23. The molecule has 0 aliphatic heterocycles. The van der Waals surface area contributed by atoms with Gasteiger partial charge in [0.2, 0.25) is 0 Å². The Balaban J connectivity index is 2.23. The fourth-order valence-electron chi connectivity index (χ4n) is 1.63.